The molecule has 8 rings (SSSR count). The molecule has 0 heterocycles. The molecule has 0 aromatic heterocycles. The molecule has 5 saturated carbocycles. The van der Waals surface area contributed by atoms with E-state index in [1.54, 1.807) is 11.1 Å². The molecule has 0 aromatic carbocycles. The van der Waals surface area contributed by atoms with Gasteiger partial charge in [0.2, 0.25) is 0 Å². The van der Waals surface area contributed by atoms with Gasteiger partial charge < -0.3 is 11.5 Å². The number of hydrogen-bond donors (Lipinski definition) is 2. The minimum absolute atomic E-state index is 0.0450. The van der Waals surface area contributed by atoms with Gasteiger partial charge in [-0.3, -0.25) is 0 Å². The van der Waals surface area contributed by atoms with E-state index in [9.17, 15) is 0 Å². The van der Waals surface area contributed by atoms with Gasteiger partial charge in [0.15, 0.2) is 0 Å². The van der Waals surface area contributed by atoms with E-state index in [0.29, 0.717) is 35.0 Å². The minimum atomic E-state index is -0.436. The van der Waals surface area contributed by atoms with Crippen LogP contribution in [0.2, 0.25) is 0 Å². The van der Waals surface area contributed by atoms with Crippen molar-refractivity contribution >= 4 is 0 Å². The molecule has 0 bridgehead atoms. The predicted molar refractivity (Wildman–Crippen MR) is 212 cm³/mol. The summed E-state index contributed by atoms with van der Waals surface area (Å²) in [5, 5.41) is 0. The molecule has 8 unspecified atom stereocenters. The normalized spacial score (nSPS) is 39.8. The van der Waals surface area contributed by atoms with Gasteiger partial charge in [-0.1, -0.05) is 121 Å². The van der Waals surface area contributed by atoms with E-state index in [1.165, 1.54) is 140 Å². The van der Waals surface area contributed by atoms with Crippen molar-refractivity contribution in [2.45, 2.75) is 173 Å². The summed E-state index contributed by atoms with van der Waals surface area (Å²) in [6.07, 6.45) is 49.7. The van der Waals surface area contributed by atoms with Crippen LogP contribution in [0.25, 0.3) is 0 Å². The Labute approximate surface area is 307 Å². The highest BCUT2D eigenvalue weighted by molar-refractivity contribution is 5.45. The third-order valence-electron chi connectivity index (χ3n) is 16.9. The average Bonchev–Trinajstić information content (AvgIpc) is 3.41. The van der Waals surface area contributed by atoms with Gasteiger partial charge in [-0.25, -0.2) is 0 Å². The van der Waals surface area contributed by atoms with Crippen LogP contribution in [-0.2, 0) is 0 Å². The molecule has 0 spiro atoms. The summed E-state index contributed by atoms with van der Waals surface area (Å²) in [6, 6.07) is 0.0450. The van der Waals surface area contributed by atoms with Crippen LogP contribution >= 0.6 is 0 Å². The van der Waals surface area contributed by atoms with Crippen LogP contribution in [0.15, 0.2) is 59.3 Å². The fourth-order valence-electron chi connectivity index (χ4n) is 13.9. The van der Waals surface area contributed by atoms with Crippen molar-refractivity contribution in [1.82, 2.24) is 0 Å². The molecule has 0 aliphatic heterocycles. The molecule has 0 saturated heterocycles. The molecule has 50 heavy (non-hydrogen) atoms. The monoisotopic (exact) mass is 679 g/mol. The van der Waals surface area contributed by atoms with Gasteiger partial charge in [-0.15, -0.1) is 0 Å². The molecule has 8 aliphatic carbocycles. The largest absolute Gasteiger partial charge is 0.326 e. The maximum atomic E-state index is 8.00. The summed E-state index contributed by atoms with van der Waals surface area (Å²) in [4.78, 5) is 0. The molecule has 8 aliphatic rings. The smallest absolute Gasteiger partial charge is 0.0534 e. The molecule has 0 radical (unpaired) electrons. The Morgan fingerprint density at radius 3 is 2.18 bits per heavy atom. The van der Waals surface area contributed by atoms with Crippen LogP contribution in [0.3, 0.4) is 0 Å². The van der Waals surface area contributed by atoms with Gasteiger partial charge in [-0.05, 0) is 159 Å². The quantitative estimate of drug-likeness (QED) is 0.251. The second kappa shape index (κ2) is 15.2. The zero-order chi connectivity index (χ0) is 34.3. The topological polar surface area (TPSA) is 52.0 Å². The van der Waals surface area contributed by atoms with Crippen molar-refractivity contribution in [2.24, 2.45) is 76.1 Å². The number of allylic oxidation sites excluding steroid dienone is 9. The van der Waals surface area contributed by atoms with Gasteiger partial charge in [0.05, 0.1) is 5.54 Å². The standard InChI is InChI=1S/C48H74N2/c1-47(2)44-21-13-12-20-42(44)43-27-26-38(31-45(43)47)40-28-39(36-24-22-35(23-25-36)34-16-8-4-9-17-34)29-41(30-40)48(50,32-33-14-6-3-7-15-33)46(49)37-18-10-5-11-19-37/h6,14,26-29,31,33-37,40,42-46H,3-5,7-13,15-25,30,32,49-50H2,1-2H3. The summed E-state index contributed by atoms with van der Waals surface area (Å²) >= 11 is 0. The zero-order valence-electron chi connectivity index (χ0n) is 32.3. The lowest BCUT2D eigenvalue weighted by atomic mass is 9.63. The van der Waals surface area contributed by atoms with Crippen molar-refractivity contribution in [3.05, 3.63) is 59.3 Å². The van der Waals surface area contributed by atoms with Crippen molar-refractivity contribution in [3.8, 4) is 0 Å². The number of rotatable bonds is 8. The average molecular weight is 679 g/mol. The van der Waals surface area contributed by atoms with Crippen molar-refractivity contribution in [1.29, 1.82) is 0 Å². The van der Waals surface area contributed by atoms with Crippen molar-refractivity contribution in [2.75, 3.05) is 0 Å². The molecule has 276 valence electrons. The van der Waals surface area contributed by atoms with E-state index < -0.39 is 5.54 Å². The second-order valence-corrected chi connectivity index (χ2v) is 19.9. The van der Waals surface area contributed by atoms with Gasteiger partial charge in [0, 0.05) is 12.0 Å². The van der Waals surface area contributed by atoms with E-state index in [1.807, 2.05) is 0 Å². The summed E-state index contributed by atoms with van der Waals surface area (Å²) in [5.41, 5.74) is 20.3. The maximum absolute atomic E-state index is 8.00. The fraction of sp³-hybridized carbons (Fsp3) is 0.792. The Morgan fingerprint density at radius 2 is 1.44 bits per heavy atom. The Hall–Kier alpha value is -1.38. The Kier molecular flexibility index (Phi) is 10.8. The molecule has 8 atom stereocenters. The first-order valence-corrected chi connectivity index (χ1v) is 22.3. The van der Waals surface area contributed by atoms with Gasteiger partial charge in [0.1, 0.15) is 0 Å². The summed E-state index contributed by atoms with van der Waals surface area (Å²) in [7, 11) is 0. The summed E-state index contributed by atoms with van der Waals surface area (Å²) in [6.45, 7) is 5.25. The Bertz CT molecular complexity index is 1320. The lowest BCUT2D eigenvalue weighted by Crippen LogP contribution is -2.61. The van der Waals surface area contributed by atoms with Crippen LogP contribution < -0.4 is 11.5 Å². The fourth-order valence-corrected chi connectivity index (χ4v) is 13.9. The molecule has 2 nitrogen and oxygen atoms in total. The molecule has 0 amide bonds. The van der Waals surface area contributed by atoms with E-state index in [0.717, 1.165) is 42.4 Å². The van der Waals surface area contributed by atoms with Crippen LogP contribution in [0.4, 0.5) is 0 Å². The first kappa shape index (κ1) is 35.6. The van der Waals surface area contributed by atoms with Gasteiger partial charge >= 0.3 is 0 Å². The lowest BCUT2D eigenvalue weighted by Gasteiger charge is -2.47. The molecule has 0 aromatic rings. The molecule has 4 N–H and O–H groups in total. The highest BCUT2D eigenvalue weighted by Gasteiger charge is 2.54. The third kappa shape index (κ3) is 7.01. The Balaban J connectivity index is 1.12. The number of nitrogens with two attached hydrogens (primary N) is 2. The highest BCUT2D eigenvalue weighted by atomic mass is 14.9. The van der Waals surface area contributed by atoms with Gasteiger partial charge in [0.25, 0.3) is 0 Å². The van der Waals surface area contributed by atoms with Crippen molar-refractivity contribution in [3.63, 3.8) is 0 Å². The summed E-state index contributed by atoms with van der Waals surface area (Å²) < 4.78 is 0. The van der Waals surface area contributed by atoms with Crippen LogP contribution in [0, 0.1) is 64.6 Å². The van der Waals surface area contributed by atoms with E-state index in [-0.39, 0.29) is 6.04 Å². The molecule has 2 heteroatoms. The number of fused-ring (bicyclic) bond motifs is 3. The second-order valence-electron chi connectivity index (χ2n) is 19.9. The predicted octanol–water partition coefficient (Wildman–Crippen LogP) is 12.2. The Morgan fingerprint density at radius 1 is 0.740 bits per heavy atom. The summed E-state index contributed by atoms with van der Waals surface area (Å²) in [5.74, 6) is 7.38. The molecule has 5 fully saturated rings. The van der Waals surface area contributed by atoms with Crippen LogP contribution in [0.1, 0.15) is 162 Å². The van der Waals surface area contributed by atoms with E-state index in [2.05, 4.69) is 56.4 Å². The van der Waals surface area contributed by atoms with Crippen molar-refractivity contribution < 1.29 is 0 Å². The van der Waals surface area contributed by atoms with Gasteiger partial charge in [-0.2, -0.15) is 0 Å². The first-order valence-electron chi connectivity index (χ1n) is 22.3. The molecular formula is C48H74N2. The lowest BCUT2D eigenvalue weighted by molar-refractivity contribution is 0.147. The van der Waals surface area contributed by atoms with E-state index >= 15 is 0 Å². The number of hydrogen-bond acceptors (Lipinski definition) is 2. The first-order chi connectivity index (χ1) is 24.3. The third-order valence-corrected chi connectivity index (χ3v) is 16.9. The minimum Gasteiger partial charge on any atom is -0.326 e. The van der Waals surface area contributed by atoms with Crippen LogP contribution in [-0.4, -0.2) is 11.6 Å². The molecular weight excluding hydrogens is 605 g/mol. The zero-order valence-corrected chi connectivity index (χ0v) is 32.3. The van der Waals surface area contributed by atoms with Crippen LogP contribution in [0.5, 0.6) is 0 Å². The SMILES string of the molecule is CC1(C)C2C=C(C3C=C(C4CCC(C5CCCCC5)CC4)C=C(C(N)(CC4C=CCCC4)C(N)C4CCCCC4)C3)C=CC2C2CCCCC21. The maximum Gasteiger partial charge on any atom is 0.0534 e. The highest BCUT2D eigenvalue weighted by Crippen LogP contribution is 2.61. The van der Waals surface area contributed by atoms with E-state index in [4.69, 9.17) is 11.5 Å².